The van der Waals surface area contributed by atoms with Gasteiger partial charge in [0, 0.05) is 6.07 Å². The van der Waals surface area contributed by atoms with Crippen LogP contribution in [0.25, 0.3) is 0 Å². The second-order valence-electron chi connectivity index (χ2n) is 4.90. The van der Waals surface area contributed by atoms with Crippen molar-refractivity contribution in [1.82, 2.24) is 0 Å². The molecule has 0 aliphatic heterocycles. The van der Waals surface area contributed by atoms with Gasteiger partial charge < -0.3 is 19.5 Å². The molecule has 0 atom stereocenters. The van der Waals surface area contributed by atoms with Gasteiger partial charge in [0.25, 0.3) is 5.91 Å². The zero-order valence-corrected chi connectivity index (χ0v) is 13.6. The minimum absolute atomic E-state index is 0.0775. The third-order valence-electron chi connectivity index (χ3n) is 3.38. The number of methoxy groups -OCH3 is 2. The number of hydrogen-bond donors (Lipinski definition) is 1. The lowest BCUT2D eigenvalue weighted by Gasteiger charge is -2.12. The van der Waals surface area contributed by atoms with Crippen LogP contribution in [0, 0.1) is 0 Å². The highest BCUT2D eigenvalue weighted by molar-refractivity contribution is 5.93. The molecule has 2 rings (SSSR count). The Bertz CT molecular complexity index is 653. The average Bonchev–Trinajstić information content (AvgIpc) is 2.60. The maximum Gasteiger partial charge on any atom is 0.262 e. The third kappa shape index (κ3) is 4.64. The molecule has 0 saturated heterocycles. The Kier molecular flexibility index (Phi) is 5.86. The van der Waals surface area contributed by atoms with Crippen molar-refractivity contribution >= 4 is 11.6 Å². The first kappa shape index (κ1) is 16.7. The molecular formula is C18H21NO4. The van der Waals surface area contributed by atoms with Crippen molar-refractivity contribution < 1.29 is 19.0 Å². The largest absolute Gasteiger partial charge is 0.497 e. The number of aryl methyl sites for hydroxylation is 1. The van der Waals surface area contributed by atoms with Crippen LogP contribution in [0.15, 0.2) is 42.5 Å². The van der Waals surface area contributed by atoms with Gasteiger partial charge in [-0.1, -0.05) is 19.1 Å². The van der Waals surface area contributed by atoms with Crippen LogP contribution in [0.2, 0.25) is 0 Å². The summed E-state index contributed by atoms with van der Waals surface area (Å²) in [4.78, 5) is 12.0. The summed E-state index contributed by atoms with van der Waals surface area (Å²) in [6.45, 7) is 2.01. The summed E-state index contributed by atoms with van der Waals surface area (Å²) in [5, 5.41) is 2.76. The first-order valence-electron chi connectivity index (χ1n) is 7.40. The zero-order chi connectivity index (χ0) is 16.7. The van der Waals surface area contributed by atoms with E-state index in [-0.39, 0.29) is 12.5 Å². The molecule has 5 heteroatoms. The van der Waals surface area contributed by atoms with Crippen LogP contribution in [0.3, 0.4) is 0 Å². The van der Waals surface area contributed by atoms with E-state index in [1.807, 2.05) is 24.3 Å². The minimum atomic E-state index is -0.267. The molecule has 2 aromatic rings. The van der Waals surface area contributed by atoms with Crippen molar-refractivity contribution in [2.24, 2.45) is 0 Å². The van der Waals surface area contributed by atoms with Gasteiger partial charge in [0.2, 0.25) is 0 Å². The predicted octanol–water partition coefficient (Wildman–Crippen LogP) is 3.28. The molecule has 23 heavy (non-hydrogen) atoms. The van der Waals surface area contributed by atoms with E-state index in [9.17, 15) is 4.79 Å². The van der Waals surface area contributed by atoms with Crippen LogP contribution in [0.4, 0.5) is 5.69 Å². The Morgan fingerprint density at radius 2 is 1.70 bits per heavy atom. The second-order valence-corrected chi connectivity index (χ2v) is 4.90. The summed E-state index contributed by atoms with van der Waals surface area (Å²) in [5.74, 6) is 1.59. The smallest absolute Gasteiger partial charge is 0.262 e. The molecule has 0 radical (unpaired) electrons. The van der Waals surface area contributed by atoms with Crippen molar-refractivity contribution in [2.45, 2.75) is 13.3 Å². The average molecular weight is 315 g/mol. The van der Waals surface area contributed by atoms with Gasteiger partial charge in [0.05, 0.1) is 19.9 Å². The van der Waals surface area contributed by atoms with E-state index in [1.165, 1.54) is 5.56 Å². The van der Waals surface area contributed by atoms with Crippen LogP contribution in [0.5, 0.6) is 17.2 Å². The van der Waals surface area contributed by atoms with E-state index in [1.54, 1.807) is 32.4 Å². The minimum Gasteiger partial charge on any atom is -0.497 e. The molecule has 0 aliphatic rings. The molecule has 0 unspecified atom stereocenters. The fourth-order valence-corrected chi connectivity index (χ4v) is 2.07. The fraction of sp³-hybridized carbons (Fsp3) is 0.278. The number of amides is 1. The highest BCUT2D eigenvalue weighted by atomic mass is 16.5. The monoisotopic (exact) mass is 315 g/mol. The number of rotatable bonds is 7. The standard InChI is InChI=1S/C18H21NO4/c1-4-13-5-7-14(8-6-13)23-12-18(20)19-16-11-15(21-2)9-10-17(16)22-3/h5-11H,4,12H2,1-3H3,(H,19,20). The van der Waals surface area contributed by atoms with Crippen LogP contribution in [-0.4, -0.2) is 26.7 Å². The van der Waals surface area contributed by atoms with Gasteiger partial charge in [-0.2, -0.15) is 0 Å². The summed E-state index contributed by atoms with van der Waals surface area (Å²) in [5.41, 5.74) is 1.77. The fourth-order valence-electron chi connectivity index (χ4n) is 2.07. The van der Waals surface area contributed by atoms with Crippen molar-refractivity contribution in [1.29, 1.82) is 0 Å². The normalized spacial score (nSPS) is 10.0. The predicted molar refractivity (Wildman–Crippen MR) is 89.5 cm³/mol. The van der Waals surface area contributed by atoms with E-state index in [0.717, 1.165) is 6.42 Å². The summed E-state index contributed by atoms with van der Waals surface area (Å²) in [7, 11) is 3.11. The molecule has 0 saturated carbocycles. The number of carbonyl (C=O) groups is 1. The molecular weight excluding hydrogens is 294 g/mol. The quantitative estimate of drug-likeness (QED) is 0.852. The van der Waals surface area contributed by atoms with Gasteiger partial charge in [-0.15, -0.1) is 0 Å². The molecule has 2 aromatic carbocycles. The molecule has 0 heterocycles. The lowest BCUT2D eigenvalue weighted by atomic mass is 10.2. The summed E-state index contributed by atoms with van der Waals surface area (Å²) in [6, 6.07) is 12.9. The zero-order valence-electron chi connectivity index (χ0n) is 13.6. The van der Waals surface area contributed by atoms with E-state index in [4.69, 9.17) is 14.2 Å². The number of carbonyl (C=O) groups excluding carboxylic acids is 1. The Balaban J connectivity index is 1.96. The van der Waals surface area contributed by atoms with Gasteiger partial charge in [0.1, 0.15) is 17.2 Å². The number of hydrogen-bond acceptors (Lipinski definition) is 4. The lowest BCUT2D eigenvalue weighted by molar-refractivity contribution is -0.118. The SMILES string of the molecule is CCc1ccc(OCC(=O)Nc2cc(OC)ccc2OC)cc1. The van der Waals surface area contributed by atoms with E-state index < -0.39 is 0 Å². The van der Waals surface area contributed by atoms with Crippen molar-refractivity contribution in [3.05, 3.63) is 48.0 Å². The Labute approximate surface area is 136 Å². The number of nitrogens with one attached hydrogen (secondary N) is 1. The van der Waals surface area contributed by atoms with E-state index >= 15 is 0 Å². The Morgan fingerprint density at radius 1 is 1.00 bits per heavy atom. The number of anilines is 1. The lowest BCUT2D eigenvalue weighted by Crippen LogP contribution is -2.20. The molecule has 0 fully saturated rings. The first-order chi connectivity index (χ1) is 11.2. The maximum absolute atomic E-state index is 12.0. The summed E-state index contributed by atoms with van der Waals surface area (Å²) < 4.78 is 15.9. The topological polar surface area (TPSA) is 56.8 Å². The highest BCUT2D eigenvalue weighted by Gasteiger charge is 2.10. The van der Waals surface area contributed by atoms with E-state index in [0.29, 0.717) is 22.9 Å². The molecule has 122 valence electrons. The summed E-state index contributed by atoms with van der Waals surface area (Å²) in [6.07, 6.45) is 0.969. The van der Waals surface area contributed by atoms with Crippen LogP contribution < -0.4 is 19.5 Å². The van der Waals surface area contributed by atoms with Gasteiger partial charge in [-0.3, -0.25) is 4.79 Å². The van der Waals surface area contributed by atoms with E-state index in [2.05, 4.69) is 12.2 Å². The molecule has 0 aromatic heterocycles. The van der Waals surface area contributed by atoms with Gasteiger partial charge in [-0.05, 0) is 36.2 Å². The highest BCUT2D eigenvalue weighted by Crippen LogP contribution is 2.28. The Morgan fingerprint density at radius 3 is 2.30 bits per heavy atom. The van der Waals surface area contributed by atoms with Gasteiger partial charge in [0.15, 0.2) is 6.61 Å². The maximum atomic E-state index is 12.0. The number of benzene rings is 2. The number of ether oxygens (including phenoxy) is 3. The molecule has 0 bridgehead atoms. The van der Waals surface area contributed by atoms with Crippen molar-refractivity contribution in [2.75, 3.05) is 26.1 Å². The first-order valence-corrected chi connectivity index (χ1v) is 7.40. The molecule has 1 N–H and O–H groups in total. The van der Waals surface area contributed by atoms with Crippen LogP contribution in [0.1, 0.15) is 12.5 Å². The van der Waals surface area contributed by atoms with Crippen molar-refractivity contribution in [3.8, 4) is 17.2 Å². The molecule has 0 aliphatic carbocycles. The van der Waals surface area contributed by atoms with Gasteiger partial charge in [-0.25, -0.2) is 0 Å². The molecule has 1 amide bonds. The summed E-state index contributed by atoms with van der Waals surface area (Å²) >= 11 is 0. The van der Waals surface area contributed by atoms with Crippen LogP contribution in [-0.2, 0) is 11.2 Å². The second kappa shape index (κ2) is 8.08. The third-order valence-corrected chi connectivity index (χ3v) is 3.38. The molecule has 5 nitrogen and oxygen atoms in total. The van der Waals surface area contributed by atoms with Crippen molar-refractivity contribution in [3.63, 3.8) is 0 Å². The molecule has 0 spiro atoms. The van der Waals surface area contributed by atoms with Crippen LogP contribution >= 0.6 is 0 Å². The van der Waals surface area contributed by atoms with Gasteiger partial charge >= 0.3 is 0 Å². The Hall–Kier alpha value is -2.69.